The lowest BCUT2D eigenvalue weighted by Crippen LogP contribution is -2.26. The van der Waals surface area contributed by atoms with Crippen molar-refractivity contribution in [1.29, 1.82) is 0 Å². The van der Waals surface area contributed by atoms with Crippen molar-refractivity contribution in [2.45, 2.75) is 40.2 Å². The summed E-state index contributed by atoms with van der Waals surface area (Å²) in [5, 5.41) is 0. The van der Waals surface area contributed by atoms with Gasteiger partial charge in [0, 0.05) is 11.8 Å². The molecular weight excluding hydrogens is 214 g/mol. The van der Waals surface area contributed by atoms with Gasteiger partial charge in [0.25, 0.3) is 0 Å². The van der Waals surface area contributed by atoms with Gasteiger partial charge in [-0.1, -0.05) is 13.8 Å². The Morgan fingerprint density at radius 1 is 1.24 bits per heavy atom. The molecule has 0 saturated carbocycles. The van der Waals surface area contributed by atoms with Crippen molar-refractivity contribution in [2.75, 3.05) is 18.5 Å². The summed E-state index contributed by atoms with van der Waals surface area (Å²) < 4.78 is 0. The van der Waals surface area contributed by atoms with Gasteiger partial charge in [0.1, 0.15) is 11.6 Å². The molecular formula is C12H23N5. The molecule has 0 fully saturated rings. The third kappa shape index (κ3) is 4.66. The van der Waals surface area contributed by atoms with Crippen LogP contribution in [0.25, 0.3) is 0 Å². The molecule has 0 aliphatic heterocycles. The van der Waals surface area contributed by atoms with E-state index < -0.39 is 0 Å². The molecule has 0 radical (unpaired) electrons. The lowest BCUT2D eigenvalue weighted by molar-refractivity contribution is 0.260. The molecule has 17 heavy (non-hydrogen) atoms. The SMILES string of the molecule is CCCN(CCC)Cc1nc(C)cc(NN)n1. The van der Waals surface area contributed by atoms with Crippen LogP contribution in [0.4, 0.5) is 5.82 Å². The Balaban J connectivity index is 2.73. The van der Waals surface area contributed by atoms with Crippen molar-refractivity contribution in [3.63, 3.8) is 0 Å². The molecule has 0 atom stereocenters. The average Bonchev–Trinajstić information content (AvgIpc) is 2.29. The minimum atomic E-state index is 0.681. The summed E-state index contributed by atoms with van der Waals surface area (Å²) in [7, 11) is 0. The van der Waals surface area contributed by atoms with Crippen molar-refractivity contribution < 1.29 is 0 Å². The van der Waals surface area contributed by atoms with Crippen LogP contribution in [0.5, 0.6) is 0 Å². The molecule has 0 spiro atoms. The number of nitrogen functional groups attached to an aromatic ring is 1. The molecule has 0 aliphatic carbocycles. The first kappa shape index (κ1) is 13.9. The third-order valence-electron chi connectivity index (χ3n) is 2.49. The largest absolute Gasteiger partial charge is 0.308 e. The van der Waals surface area contributed by atoms with Crippen molar-refractivity contribution >= 4 is 5.82 Å². The Bertz CT molecular complexity index is 334. The van der Waals surface area contributed by atoms with Crippen LogP contribution in [0.15, 0.2) is 6.07 Å². The van der Waals surface area contributed by atoms with E-state index in [-0.39, 0.29) is 0 Å². The fraction of sp³-hybridized carbons (Fsp3) is 0.667. The molecule has 1 heterocycles. The predicted octanol–water partition coefficient (Wildman–Crippen LogP) is 1.69. The van der Waals surface area contributed by atoms with Crippen LogP contribution in [0.1, 0.15) is 38.2 Å². The Morgan fingerprint density at radius 3 is 2.41 bits per heavy atom. The predicted molar refractivity (Wildman–Crippen MR) is 70.4 cm³/mol. The zero-order chi connectivity index (χ0) is 12.7. The molecule has 0 unspecified atom stereocenters. The highest BCUT2D eigenvalue weighted by molar-refractivity contribution is 5.33. The van der Waals surface area contributed by atoms with Crippen molar-refractivity contribution in [3.8, 4) is 0 Å². The highest BCUT2D eigenvalue weighted by atomic mass is 15.3. The van der Waals surface area contributed by atoms with E-state index in [4.69, 9.17) is 5.84 Å². The summed E-state index contributed by atoms with van der Waals surface area (Å²) in [6, 6.07) is 1.84. The summed E-state index contributed by atoms with van der Waals surface area (Å²) in [6.07, 6.45) is 2.29. The Kier molecular flexibility index (Phi) is 5.86. The van der Waals surface area contributed by atoms with Crippen LogP contribution in [0, 0.1) is 6.92 Å². The van der Waals surface area contributed by atoms with Gasteiger partial charge >= 0.3 is 0 Å². The number of nitrogens with two attached hydrogens (primary N) is 1. The standard InChI is InChI=1S/C12H23N5/c1-4-6-17(7-5-2)9-12-14-10(3)8-11(15-12)16-13/h8H,4-7,9,13H2,1-3H3,(H,14,15,16). The third-order valence-corrected chi connectivity index (χ3v) is 2.49. The first-order valence-corrected chi connectivity index (χ1v) is 6.23. The van der Waals surface area contributed by atoms with Crippen LogP contribution in [0.2, 0.25) is 0 Å². The second-order valence-corrected chi connectivity index (χ2v) is 4.23. The monoisotopic (exact) mass is 237 g/mol. The second-order valence-electron chi connectivity index (χ2n) is 4.23. The number of aryl methyl sites for hydroxylation is 1. The van der Waals surface area contributed by atoms with E-state index >= 15 is 0 Å². The van der Waals surface area contributed by atoms with E-state index in [1.54, 1.807) is 0 Å². The Labute approximate surface area is 103 Å². The number of anilines is 1. The fourth-order valence-corrected chi connectivity index (χ4v) is 1.88. The molecule has 0 aromatic carbocycles. The highest BCUT2D eigenvalue weighted by Crippen LogP contribution is 2.07. The van der Waals surface area contributed by atoms with E-state index in [1.165, 1.54) is 0 Å². The maximum Gasteiger partial charge on any atom is 0.145 e. The quantitative estimate of drug-likeness (QED) is 0.558. The van der Waals surface area contributed by atoms with Crippen molar-refractivity contribution in [2.24, 2.45) is 5.84 Å². The molecule has 5 heteroatoms. The molecule has 3 N–H and O–H groups in total. The summed E-state index contributed by atoms with van der Waals surface area (Å²) in [4.78, 5) is 11.2. The van der Waals surface area contributed by atoms with Crippen LogP contribution >= 0.6 is 0 Å². The van der Waals surface area contributed by atoms with Gasteiger partial charge in [0.2, 0.25) is 0 Å². The van der Waals surface area contributed by atoms with Gasteiger partial charge in [0.15, 0.2) is 0 Å². The number of aromatic nitrogens is 2. The van der Waals surface area contributed by atoms with Gasteiger partial charge < -0.3 is 5.43 Å². The molecule has 1 aromatic rings. The summed E-state index contributed by atoms with van der Waals surface area (Å²) in [5.41, 5.74) is 3.52. The van der Waals surface area contributed by atoms with Gasteiger partial charge in [-0.25, -0.2) is 15.8 Å². The minimum absolute atomic E-state index is 0.681. The number of hydrogen-bond donors (Lipinski definition) is 2. The van der Waals surface area contributed by atoms with Gasteiger partial charge in [-0.05, 0) is 32.9 Å². The molecule has 1 aromatic heterocycles. The van der Waals surface area contributed by atoms with Gasteiger partial charge in [-0.3, -0.25) is 4.90 Å². The lowest BCUT2D eigenvalue weighted by atomic mass is 10.3. The maximum atomic E-state index is 5.38. The molecule has 0 saturated heterocycles. The van der Waals surface area contributed by atoms with Gasteiger partial charge in [0.05, 0.1) is 6.54 Å². The first-order chi connectivity index (χ1) is 8.19. The van der Waals surface area contributed by atoms with E-state index in [0.29, 0.717) is 5.82 Å². The Hall–Kier alpha value is -1.20. The van der Waals surface area contributed by atoms with Crippen LogP contribution in [-0.2, 0) is 6.54 Å². The first-order valence-electron chi connectivity index (χ1n) is 6.23. The number of nitrogens with one attached hydrogen (secondary N) is 1. The van der Waals surface area contributed by atoms with Gasteiger partial charge in [-0.15, -0.1) is 0 Å². The second kappa shape index (κ2) is 7.19. The van der Waals surface area contributed by atoms with Crippen LogP contribution in [0.3, 0.4) is 0 Å². The zero-order valence-electron chi connectivity index (χ0n) is 11.0. The van der Waals surface area contributed by atoms with Crippen LogP contribution < -0.4 is 11.3 Å². The number of nitrogens with zero attached hydrogens (tertiary/aromatic N) is 3. The normalized spacial score (nSPS) is 10.9. The summed E-state index contributed by atoms with van der Waals surface area (Å²) in [6.45, 7) is 9.28. The van der Waals surface area contributed by atoms with E-state index in [2.05, 4.69) is 34.1 Å². The Morgan fingerprint density at radius 2 is 1.88 bits per heavy atom. The molecule has 0 bridgehead atoms. The summed E-state index contributed by atoms with van der Waals surface area (Å²) in [5.74, 6) is 6.90. The lowest BCUT2D eigenvalue weighted by Gasteiger charge is -2.20. The fourth-order valence-electron chi connectivity index (χ4n) is 1.88. The smallest absolute Gasteiger partial charge is 0.145 e. The van der Waals surface area contributed by atoms with E-state index in [0.717, 1.165) is 44.0 Å². The molecule has 96 valence electrons. The number of hydrogen-bond acceptors (Lipinski definition) is 5. The van der Waals surface area contributed by atoms with Crippen molar-refractivity contribution in [1.82, 2.24) is 14.9 Å². The average molecular weight is 237 g/mol. The topological polar surface area (TPSA) is 67.1 Å². The maximum absolute atomic E-state index is 5.38. The highest BCUT2D eigenvalue weighted by Gasteiger charge is 2.07. The molecule has 5 nitrogen and oxygen atoms in total. The number of hydrazine groups is 1. The minimum Gasteiger partial charge on any atom is -0.308 e. The van der Waals surface area contributed by atoms with Crippen LogP contribution in [-0.4, -0.2) is 28.0 Å². The number of rotatable bonds is 7. The molecule has 0 aliphatic rings. The molecule has 0 amide bonds. The van der Waals surface area contributed by atoms with E-state index in [9.17, 15) is 0 Å². The molecule has 1 rings (SSSR count). The van der Waals surface area contributed by atoms with Crippen molar-refractivity contribution in [3.05, 3.63) is 17.6 Å². The van der Waals surface area contributed by atoms with Gasteiger partial charge in [-0.2, -0.15) is 0 Å². The van der Waals surface area contributed by atoms with E-state index in [1.807, 2.05) is 13.0 Å². The zero-order valence-corrected chi connectivity index (χ0v) is 11.0. The summed E-state index contributed by atoms with van der Waals surface area (Å²) >= 11 is 0.